The number of hydrogen-bond donors (Lipinski definition) is 1. The van der Waals surface area contributed by atoms with Crippen LogP contribution in [0.3, 0.4) is 0 Å². The van der Waals surface area contributed by atoms with Crippen LogP contribution in [0.25, 0.3) is 0 Å². The number of thiophene rings is 1. The van der Waals surface area contributed by atoms with Crippen molar-refractivity contribution in [3.63, 3.8) is 0 Å². The number of carbonyl (C=O) groups excluding carboxylic acids is 1. The van der Waals surface area contributed by atoms with Crippen LogP contribution in [-0.4, -0.2) is 47.1 Å². The van der Waals surface area contributed by atoms with Crippen molar-refractivity contribution in [1.29, 1.82) is 0 Å². The van der Waals surface area contributed by atoms with Gasteiger partial charge in [0, 0.05) is 39.4 Å². The monoisotopic (exact) mass is 460 g/mol. The van der Waals surface area contributed by atoms with Crippen LogP contribution in [0.15, 0.2) is 64.3 Å². The normalized spacial score (nSPS) is 11.1. The van der Waals surface area contributed by atoms with Crippen molar-refractivity contribution in [3.05, 3.63) is 65.7 Å². The zero-order valence-electron chi connectivity index (χ0n) is 17.5. The van der Waals surface area contributed by atoms with Crippen molar-refractivity contribution in [2.75, 3.05) is 37.0 Å². The SMILES string of the molecule is CN(C)c1ncccc1CNC(=O)COc1ccc(N(C)S(=O)(=O)c2cccs2)cc1. The zero-order valence-corrected chi connectivity index (χ0v) is 19.1. The number of aromatic nitrogens is 1. The van der Waals surface area contributed by atoms with Gasteiger partial charge in [0.2, 0.25) is 0 Å². The maximum atomic E-state index is 12.6. The molecular weight excluding hydrogens is 436 g/mol. The fourth-order valence-electron chi connectivity index (χ4n) is 2.80. The lowest BCUT2D eigenvalue weighted by Crippen LogP contribution is -2.29. The van der Waals surface area contributed by atoms with Crippen LogP contribution in [-0.2, 0) is 21.4 Å². The third kappa shape index (κ3) is 5.53. The van der Waals surface area contributed by atoms with Gasteiger partial charge in [-0.3, -0.25) is 9.10 Å². The second-order valence-electron chi connectivity index (χ2n) is 6.84. The van der Waals surface area contributed by atoms with Crippen LogP contribution >= 0.6 is 11.3 Å². The standard InChI is InChI=1S/C21H24N4O4S2/c1-24(2)21-16(6-4-12-22-21)14-23-19(26)15-29-18-10-8-17(9-11-18)25(3)31(27,28)20-7-5-13-30-20/h4-13H,14-15H2,1-3H3,(H,23,26). The molecule has 3 rings (SSSR count). The minimum atomic E-state index is -3.59. The first-order valence-corrected chi connectivity index (χ1v) is 11.7. The molecule has 0 saturated heterocycles. The minimum Gasteiger partial charge on any atom is -0.484 e. The Kier molecular flexibility index (Phi) is 7.13. The molecule has 0 aliphatic carbocycles. The summed E-state index contributed by atoms with van der Waals surface area (Å²) in [5.41, 5.74) is 1.40. The summed E-state index contributed by atoms with van der Waals surface area (Å²) < 4.78 is 32.2. The first-order chi connectivity index (χ1) is 14.8. The quantitative estimate of drug-likeness (QED) is 0.528. The average molecular weight is 461 g/mol. The van der Waals surface area contributed by atoms with Gasteiger partial charge in [-0.15, -0.1) is 11.3 Å². The van der Waals surface area contributed by atoms with Crippen molar-refractivity contribution < 1.29 is 17.9 Å². The van der Waals surface area contributed by atoms with Crippen molar-refractivity contribution in [2.24, 2.45) is 0 Å². The van der Waals surface area contributed by atoms with E-state index in [1.165, 1.54) is 22.7 Å². The molecular formula is C21H24N4O4S2. The van der Waals surface area contributed by atoms with E-state index in [2.05, 4.69) is 10.3 Å². The molecule has 2 heterocycles. The molecule has 2 aromatic heterocycles. The zero-order chi connectivity index (χ0) is 22.4. The van der Waals surface area contributed by atoms with Crippen molar-refractivity contribution >= 4 is 38.8 Å². The Balaban J connectivity index is 1.54. The van der Waals surface area contributed by atoms with E-state index in [0.717, 1.165) is 11.4 Å². The van der Waals surface area contributed by atoms with Gasteiger partial charge in [0.05, 0.1) is 5.69 Å². The predicted molar refractivity (Wildman–Crippen MR) is 122 cm³/mol. The van der Waals surface area contributed by atoms with Gasteiger partial charge in [-0.1, -0.05) is 12.1 Å². The molecule has 3 aromatic rings. The van der Waals surface area contributed by atoms with Gasteiger partial charge < -0.3 is 15.0 Å². The van der Waals surface area contributed by atoms with Crippen molar-refractivity contribution in [2.45, 2.75) is 10.8 Å². The largest absolute Gasteiger partial charge is 0.484 e. The first-order valence-electron chi connectivity index (χ1n) is 9.42. The Hall–Kier alpha value is -3.11. The summed E-state index contributed by atoms with van der Waals surface area (Å²) in [5.74, 6) is 0.993. The Labute approximate surface area is 186 Å². The summed E-state index contributed by atoms with van der Waals surface area (Å²) in [7, 11) is 1.69. The van der Waals surface area contributed by atoms with E-state index >= 15 is 0 Å². The van der Waals surface area contributed by atoms with E-state index in [1.54, 1.807) is 48.0 Å². The first kappa shape index (κ1) is 22.6. The molecule has 0 saturated carbocycles. The van der Waals surface area contributed by atoms with Gasteiger partial charge in [0.15, 0.2) is 6.61 Å². The summed E-state index contributed by atoms with van der Waals surface area (Å²) in [4.78, 5) is 18.3. The molecule has 0 fully saturated rings. The van der Waals surface area contributed by atoms with Crippen LogP contribution in [0.4, 0.5) is 11.5 Å². The number of hydrogen-bond acceptors (Lipinski definition) is 7. The molecule has 0 aliphatic rings. The van der Waals surface area contributed by atoms with Crippen LogP contribution in [0.1, 0.15) is 5.56 Å². The van der Waals surface area contributed by atoms with Gasteiger partial charge in [-0.05, 0) is 41.8 Å². The van der Waals surface area contributed by atoms with Gasteiger partial charge in [-0.2, -0.15) is 0 Å². The molecule has 0 atom stereocenters. The van der Waals surface area contributed by atoms with E-state index < -0.39 is 10.0 Å². The summed E-state index contributed by atoms with van der Waals surface area (Å²) >= 11 is 1.17. The maximum absolute atomic E-state index is 12.6. The number of pyridine rings is 1. The lowest BCUT2D eigenvalue weighted by atomic mass is 10.2. The number of benzene rings is 1. The van der Waals surface area contributed by atoms with E-state index in [0.29, 0.717) is 18.0 Å². The van der Waals surface area contributed by atoms with Crippen LogP contribution in [0, 0.1) is 0 Å². The smallest absolute Gasteiger partial charge is 0.273 e. The summed E-state index contributed by atoms with van der Waals surface area (Å²) in [6.07, 6.45) is 1.70. The molecule has 0 bridgehead atoms. The highest BCUT2D eigenvalue weighted by atomic mass is 32.2. The second kappa shape index (κ2) is 9.80. The van der Waals surface area contributed by atoms with Crippen LogP contribution in [0.2, 0.25) is 0 Å². The summed E-state index contributed by atoms with van der Waals surface area (Å²) in [6.45, 7) is 0.189. The van der Waals surface area contributed by atoms with Crippen LogP contribution in [0.5, 0.6) is 5.75 Å². The summed E-state index contributed by atoms with van der Waals surface area (Å²) in [5, 5.41) is 4.53. The van der Waals surface area contributed by atoms with Crippen LogP contribution < -0.4 is 19.3 Å². The fraction of sp³-hybridized carbons (Fsp3) is 0.238. The number of rotatable bonds is 9. The predicted octanol–water partition coefficient (Wildman–Crippen LogP) is 2.73. The van der Waals surface area contributed by atoms with E-state index in [-0.39, 0.29) is 16.7 Å². The number of carbonyl (C=O) groups is 1. The highest BCUT2D eigenvalue weighted by molar-refractivity contribution is 7.94. The molecule has 164 valence electrons. The molecule has 1 aromatic carbocycles. The number of nitrogens with one attached hydrogen (secondary N) is 1. The lowest BCUT2D eigenvalue weighted by Gasteiger charge is -2.18. The number of amides is 1. The molecule has 10 heteroatoms. The van der Waals surface area contributed by atoms with Crippen molar-refractivity contribution in [3.8, 4) is 5.75 Å². The number of anilines is 2. The highest BCUT2D eigenvalue weighted by Gasteiger charge is 2.22. The minimum absolute atomic E-state index is 0.153. The Morgan fingerprint density at radius 3 is 2.48 bits per heavy atom. The van der Waals surface area contributed by atoms with Gasteiger partial charge in [-0.25, -0.2) is 13.4 Å². The number of nitrogens with zero attached hydrogens (tertiary/aromatic N) is 3. The third-order valence-electron chi connectivity index (χ3n) is 4.45. The highest BCUT2D eigenvalue weighted by Crippen LogP contribution is 2.26. The molecule has 0 aliphatic heterocycles. The van der Waals surface area contributed by atoms with Gasteiger partial charge >= 0.3 is 0 Å². The van der Waals surface area contributed by atoms with E-state index in [1.807, 2.05) is 31.1 Å². The molecule has 0 unspecified atom stereocenters. The third-order valence-corrected chi connectivity index (χ3v) is 7.61. The Morgan fingerprint density at radius 1 is 1.10 bits per heavy atom. The number of sulfonamides is 1. The molecule has 0 radical (unpaired) electrons. The lowest BCUT2D eigenvalue weighted by molar-refractivity contribution is -0.123. The van der Waals surface area contributed by atoms with E-state index in [9.17, 15) is 13.2 Å². The average Bonchev–Trinajstić information content (AvgIpc) is 3.32. The van der Waals surface area contributed by atoms with Crippen molar-refractivity contribution in [1.82, 2.24) is 10.3 Å². The Bertz CT molecular complexity index is 1110. The topological polar surface area (TPSA) is 91.8 Å². The Morgan fingerprint density at radius 2 is 1.84 bits per heavy atom. The maximum Gasteiger partial charge on any atom is 0.273 e. The summed E-state index contributed by atoms with van der Waals surface area (Å²) in [6, 6.07) is 13.5. The molecule has 0 spiro atoms. The second-order valence-corrected chi connectivity index (χ2v) is 9.99. The molecule has 31 heavy (non-hydrogen) atoms. The molecule has 8 nitrogen and oxygen atoms in total. The van der Waals surface area contributed by atoms with E-state index in [4.69, 9.17) is 4.74 Å². The fourth-order valence-corrected chi connectivity index (χ4v) is 5.16. The molecule has 1 N–H and O–H groups in total. The van der Waals surface area contributed by atoms with Gasteiger partial charge in [0.25, 0.3) is 15.9 Å². The van der Waals surface area contributed by atoms with Gasteiger partial charge in [0.1, 0.15) is 15.8 Å². The number of ether oxygens (including phenoxy) is 1. The molecule has 1 amide bonds.